The molecule has 0 unspecified atom stereocenters. The summed E-state index contributed by atoms with van der Waals surface area (Å²) >= 11 is 5.76. The molecular formula is C16H16ClN3O3S. The highest BCUT2D eigenvalue weighted by atomic mass is 35.5. The summed E-state index contributed by atoms with van der Waals surface area (Å²) in [5.74, 6) is 0. The molecule has 0 aromatic heterocycles. The zero-order valence-electron chi connectivity index (χ0n) is 12.6. The van der Waals surface area contributed by atoms with Crippen molar-refractivity contribution in [3.05, 3.63) is 53.6 Å². The van der Waals surface area contributed by atoms with Gasteiger partial charge in [0, 0.05) is 22.4 Å². The topological polar surface area (TPSA) is 87.3 Å². The van der Waals surface area contributed by atoms with E-state index in [9.17, 15) is 13.2 Å². The van der Waals surface area contributed by atoms with Crippen molar-refractivity contribution in [2.45, 2.75) is 23.8 Å². The van der Waals surface area contributed by atoms with Crippen molar-refractivity contribution in [3.8, 4) is 0 Å². The minimum atomic E-state index is -3.68. The standard InChI is InChI=1S/C16H16ClN3O3S/c17-11-1-9-15(10-2-11)24(22,23)20-14-7-5-13(6-8-14)19-16(21)18-12-3-4-12/h1-2,5-10,12,20H,3-4H2,(H2,18,19,21). The van der Waals surface area contributed by atoms with Crippen LogP contribution < -0.4 is 15.4 Å². The van der Waals surface area contributed by atoms with Crippen molar-refractivity contribution in [2.24, 2.45) is 0 Å². The Kier molecular flexibility index (Phi) is 4.64. The molecule has 1 aliphatic carbocycles. The fourth-order valence-corrected chi connectivity index (χ4v) is 3.21. The molecule has 0 aliphatic heterocycles. The molecule has 2 amide bonds. The molecule has 3 N–H and O–H groups in total. The molecule has 2 aromatic carbocycles. The van der Waals surface area contributed by atoms with Gasteiger partial charge in [0.1, 0.15) is 0 Å². The highest BCUT2D eigenvalue weighted by Gasteiger charge is 2.23. The number of carbonyl (C=O) groups is 1. The number of anilines is 2. The number of urea groups is 1. The molecule has 1 saturated carbocycles. The third-order valence-electron chi connectivity index (χ3n) is 3.43. The van der Waals surface area contributed by atoms with E-state index < -0.39 is 10.0 Å². The van der Waals surface area contributed by atoms with E-state index in [1.165, 1.54) is 24.3 Å². The van der Waals surface area contributed by atoms with Crippen molar-refractivity contribution >= 4 is 39.0 Å². The lowest BCUT2D eigenvalue weighted by molar-refractivity contribution is 0.251. The number of benzene rings is 2. The molecule has 2 aromatic rings. The van der Waals surface area contributed by atoms with Crippen LogP contribution in [0.1, 0.15) is 12.8 Å². The molecule has 0 radical (unpaired) electrons. The number of halogens is 1. The summed E-state index contributed by atoms with van der Waals surface area (Å²) in [5.41, 5.74) is 0.987. The maximum atomic E-state index is 12.3. The van der Waals surface area contributed by atoms with Crippen LogP contribution in [0.5, 0.6) is 0 Å². The monoisotopic (exact) mass is 365 g/mol. The van der Waals surface area contributed by atoms with Crippen LogP contribution in [0.2, 0.25) is 5.02 Å². The molecule has 126 valence electrons. The van der Waals surface area contributed by atoms with E-state index in [0.29, 0.717) is 16.4 Å². The average Bonchev–Trinajstić information content (AvgIpc) is 3.33. The van der Waals surface area contributed by atoms with Crippen molar-refractivity contribution < 1.29 is 13.2 Å². The zero-order valence-corrected chi connectivity index (χ0v) is 14.2. The summed E-state index contributed by atoms with van der Waals surface area (Å²) in [5, 5.41) is 5.97. The molecule has 24 heavy (non-hydrogen) atoms. The lowest BCUT2D eigenvalue weighted by atomic mass is 10.3. The Morgan fingerprint density at radius 3 is 2.12 bits per heavy atom. The Labute approximate surface area is 145 Å². The van der Waals surface area contributed by atoms with Crippen LogP contribution in [0.3, 0.4) is 0 Å². The molecule has 0 atom stereocenters. The number of hydrogen-bond acceptors (Lipinski definition) is 3. The number of rotatable bonds is 5. The van der Waals surface area contributed by atoms with E-state index in [-0.39, 0.29) is 17.0 Å². The van der Waals surface area contributed by atoms with Crippen LogP contribution in [0.4, 0.5) is 16.2 Å². The molecule has 0 heterocycles. The van der Waals surface area contributed by atoms with E-state index in [0.717, 1.165) is 12.8 Å². The van der Waals surface area contributed by atoms with Crippen molar-refractivity contribution in [3.63, 3.8) is 0 Å². The van der Waals surface area contributed by atoms with Gasteiger partial charge in [0.25, 0.3) is 10.0 Å². The summed E-state index contributed by atoms with van der Waals surface area (Å²) < 4.78 is 27.0. The number of hydrogen-bond donors (Lipinski definition) is 3. The fourth-order valence-electron chi connectivity index (χ4n) is 2.03. The lowest BCUT2D eigenvalue weighted by Crippen LogP contribution is -2.30. The van der Waals surface area contributed by atoms with E-state index in [4.69, 9.17) is 11.6 Å². The summed E-state index contributed by atoms with van der Waals surface area (Å²) in [6.45, 7) is 0. The van der Waals surface area contributed by atoms with Crippen molar-refractivity contribution in [1.82, 2.24) is 5.32 Å². The summed E-state index contributed by atoms with van der Waals surface area (Å²) in [6.07, 6.45) is 2.03. The van der Waals surface area contributed by atoms with Crippen LogP contribution in [0.25, 0.3) is 0 Å². The third kappa shape index (κ3) is 4.39. The van der Waals surface area contributed by atoms with E-state index in [1.807, 2.05) is 0 Å². The van der Waals surface area contributed by atoms with Gasteiger partial charge in [0.05, 0.1) is 4.90 Å². The van der Waals surface area contributed by atoms with Crippen LogP contribution in [0, 0.1) is 0 Å². The van der Waals surface area contributed by atoms with Gasteiger partial charge in [0.15, 0.2) is 0 Å². The van der Waals surface area contributed by atoms with Gasteiger partial charge in [-0.2, -0.15) is 0 Å². The van der Waals surface area contributed by atoms with Gasteiger partial charge in [-0.1, -0.05) is 11.6 Å². The highest BCUT2D eigenvalue weighted by Crippen LogP contribution is 2.21. The normalized spacial score (nSPS) is 14.0. The lowest BCUT2D eigenvalue weighted by Gasteiger charge is -2.10. The molecule has 3 rings (SSSR count). The first-order valence-corrected chi connectivity index (χ1v) is 9.24. The molecular weight excluding hydrogens is 350 g/mol. The van der Waals surface area contributed by atoms with Gasteiger partial charge in [0.2, 0.25) is 0 Å². The SMILES string of the molecule is O=C(Nc1ccc(NS(=O)(=O)c2ccc(Cl)cc2)cc1)NC1CC1. The molecule has 6 nitrogen and oxygen atoms in total. The fraction of sp³-hybridized carbons (Fsp3) is 0.188. The van der Waals surface area contributed by atoms with Crippen LogP contribution in [0.15, 0.2) is 53.4 Å². The van der Waals surface area contributed by atoms with Crippen molar-refractivity contribution in [1.29, 1.82) is 0 Å². The Morgan fingerprint density at radius 1 is 0.958 bits per heavy atom. The maximum absolute atomic E-state index is 12.3. The predicted octanol–water partition coefficient (Wildman–Crippen LogP) is 3.42. The number of amides is 2. The Hall–Kier alpha value is -2.25. The first-order valence-electron chi connectivity index (χ1n) is 7.38. The number of carbonyl (C=O) groups excluding carboxylic acids is 1. The molecule has 1 fully saturated rings. The minimum absolute atomic E-state index is 0.123. The van der Waals surface area contributed by atoms with Gasteiger partial charge >= 0.3 is 6.03 Å². The molecule has 0 bridgehead atoms. The first kappa shape index (κ1) is 16.6. The van der Waals surface area contributed by atoms with E-state index in [2.05, 4.69) is 15.4 Å². The maximum Gasteiger partial charge on any atom is 0.319 e. The number of nitrogens with one attached hydrogen (secondary N) is 3. The summed E-state index contributed by atoms with van der Waals surface area (Å²) in [6, 6.07) is 12.3. The summed E-state index contributed by atoms with van der Waals surface area (Å²) in [7, 11) is -3.68. The molecule has 8 heteroatoms. The predicted molar refractivity (Wildman–Crippen MR) is 93.9 cm³/mol. The van der Waals surface area contributed by atoms with Crippen LogP contribution >= 0.6 is 11.6 Å². The Morgan fingerprint density at radius 2 is 1.54 bits per heavy atom. The van der Waals surface area contributed by atoms with Crippen LogP contribution in [-0.4, -0.2) is 20.5 Å². The van der Waals surface area contributed by atoms with Gasteiger partial charge in [-0.15, -0.1) is 0 Å². The van der Waals surface area contributed by atoms with Gasteiger partial charge < -0.3 is 10.6 Å². The van der Waals surface area contributed by atoms with Gasteiger partial charge in [-0.25, -0.2) is 13.2 Å². The summed E-state index contributed by atoms with van der Waals surface area (Å²) in [4.78, 5) is 11.8. The van der Waals surface area contributed by atoms with Crippen LogP contribution in [-0.2, 0) is 10.0 Å². The number of sulfonamides is 1. The Bertz CT molecular complexity index is 832. The molecule has 0 spiro atoms. The second-order valence-electron chi connectivity index (χ2n) is 5.51. The first-order chi connectivity index (χ1) is 11.4. The Balaban J connectivity index is 1.64. The molecule has 0 saturated heterocycles. The van der Waals surface area contributed by atoms with Gasteiger partial charge in [-0.3, -0.25) is 4.72 Å². The van der Waals surface area contributed by atoms with Crippen molar-refractivity contribution in [2.75, 3.05) is 10.0 Å². The second kappa shape index (κ2) is 6.70. The smallest absolute Gasteiger partial charge is 0.319 e. The highest BCUT2D eigenvalue weighted by molar-refractivity contribution is 7.92. The average molecular weight is 366 g/mol. The zero-order chi connectivity index (χ0) is 17.2. The van der Waals surface area contributed by atoms with Gasteiger partial charge in [-0.05, 0) is 61.4 Å². The minimum Gasteiger partial charge on any atom is -0.335 e. The molecule has 1 aliphatic rings. The quantitative estimate of drug-likeness (QED) is 0.758. The largest absolute Gasteiger partial charge is 0.335 e. The van der Waals surface area contributed by atoms with E-state index in [1.54, 1.807) is 24.3 Å². The van der Waals surface area contributed by atoms with E-state index >= 15 is 0 Å². The second-order valence-corrected chi connectivity index (χ2v) is 7.63. The third-order valence-corrected chi connectivity index (χ3v) is 5.08.